The maximum Gasteiger partial charge on any atom is 0.119 e. The van der Waals surface area contributed by atoms with Gasteiger partial charge in [-0.25, -0.2) is 0 Å². The highest BCUT2D eigenvalue weighted by atomic mass is 16.5. The van der Waals surface area contributed by atoms with E-state index in [1.807, 2.05) is 12.1 Å². The first-order valence-corrected chi connectivity index (χ1v) is 9.56. The number of hydrogen-bond donors (Lipinski definition) is 2. The predicted octanol–water partition coefficient (Wildman–Crippen LogP) is 5.53. The van der Waals surface area contributed by atoms with Crippen molar-refractivity contribution in [1.82, 2.24) is 9.97 Å². The standard InChI is InChI=1S/C23H24N2O2/c1-26-15-5-7-21-17(11-15)19(13-24-21)23(9-3-4-10-23)20-14-25-22-8-6-16(27-2)12-18(20)22/h5-8,11-14,24-25H,3-4,9-10H2,1-2H3. The molecule has 5 rings (SSSR count). The molecule has 2 aromatic heterocycles. The van der Waals surface area contributed by atoms with Crippen molar-refractivity contribution in [3.05, 3.63) is 59.9 Å². The first-order chi connectivity index (χ1) is 13.2. The minimum Gasteiger partial charge on any atom is -0.497 e. The average Bonchev–Trinajstić information content (AvgIpc) is 3.44. The quantitative estimate of drug-likeness (QED) is 0.503. The number of benzene rings is 2. The SMILES string of the molecule is COc1ccc2[nH]cc(C3(c4c[nH]c5ccc(OC)cc45)CCCC3)c2c1. The molecule has 1 aliphatic rings. The maximum absolute atomic E-state index is 5.50. The van der Waals surface area contributed by atoms with Crippen molar-refractivity contribution < 1.29 is 9.47 Å². The molecule has 4 aromatic rings. The third-order valence-electron chi connectivity index (χ3n) is 6.27. The lowest BCUT2D eigenvalue weighted by atomic mass is 9.73. The lowest BCUT2D eigenvalue weighted by Crippen LogP contribution is -2.23. The van der Waals surface area contributed by atoms with Crippen LogP contribution in [0.1, 0.15) is 36.8 Å². The highest BCUT2D eigenvalue weighted by Gasteiger charge is 2.40. The van der Waals surface area contributed by atoms with Gasteiger partial charge in [-0.3, -0.25) is 0 Å². The van der Waals surface area contributed by atoms with Gasteiger partial charge in [-0.15, -0.1) is 0 Å². The van der Waals surface area contributed by atoms with Gasteiger partial charge < -0.3 is 19.4 Å². The van der Waals surface area contributed by atoms with Crippen LogP contribution < -0.4 is 9.47 Å². The Bertz CT molecular complexity index is 1030. The van der Waals surface area contributed by atoms with E-state index in [0.717, 1.165) is 35.4 Å². The Hall–Kier alpha value is -2.88. The van der Waals surface area contributed by atoms with E-state index in [9.17, 15) is 0 Å². The summed E-state index contributed by atoms with van der Waals surface area (Å²) in [7, 11) is 3.45. The zero-order valence-corrected chi connectivity index (χ0v) is 15.8. The van der Waals surface area contributed by atoms with Gasteiger partial charge in [-0.2, -0.15) is 0 Å². The minimum atomic E-state index is 0.00916. The van der Waals surface area contributed by atoms with Gasteiger partial charge >= 0.3 is 0 Å². The Morgan fingerprint density at radius 3 is 1.67 bits per heavy atom. The third kappa shape index (κ3) is 2.36. The zero-order chi connectivity index (χ0) is 18.4. The van der Waals surface area contributed by atoms with Crippen LogP contribution in [0.3, 0.4) is 0 Å². The van der Waals surface area contributed by atoms with Crippen molar-refractivity contribution >= 4 is 21.8 Å². The van der Waals surface area contributed by atoms with Crippen molar-refractivity contribution in [3.63, 3.8) is 0 Å². The van der Waals surface area contributed by atoms with Gasteiger partial charge in [0, 0.05) is 39.6 Å². The summed E-state index contributed by atoms with van der Waals surface area (Å²) in [6, 6.07) is 12.6. The lowest BCUT2D eigenvalue weighted by molar-refractivity contribution is 0.415. The van der Waals surface area contributed by atoms with Crippen molar-refractivity contribution in [2.75, 3.05) is 14.2 Å². The second kappa shape index (κ2) is 6.08. The van der Waals surface area contributed by atoms with Gasteiger partial charge in [0.25, 0.3) is 0 Å². The Labute approximate surface area is 158 Å². The van der Waals surface area contributed by atoms with Crippen LogP contribution in [0.25, 0.3) is 21.8 Å². The van der Waals surface area contributed by atoms with Crippen LogP contribution in [0.4, 0.5) is 0 Å². The number of fused-ring (bicyclic) bond motifs is 2. The number of aromatic nitrogens is 2. The first-order valence-electron chi connectivity index (χ1n) is 9.56. The van der Waals surface area contributed by atoms with E-state index in [1.165, 1.54) is 34.7 Å². The summed E-state index contributed by atoms with van der Waals surface area (Å²) < 4.78 is 11.0. The van der Waals surface area contributed by atoms with Gasteiger partial charge in [0.2, 0.25) is 0 Å². The van der Waals surface area contributed by atoms with Crippen LogP contribution in [0.15, 0.2) is 48.8 Å². The summed E-state index contributed by atoms with van der Waals surface area (Å²) in [5, 5.41) is 2.52. The molecular formula is C23H24N2O2. The summed E-state index contributed by atoms with van der Waals surface area (Å²) in [6.07, 6.45) is 9.20. The highest BCUT2D eigenvalue weighted by Crippen LogP contribution is 2.51. The molecule has 0 radical (unpaired) electrons. The van der Waals surface area contributed by atoms with E-state index in [0.29, 0.717) is 0 Å². The molecule has 27 heavy (non-hydrogen) atoms. The molecular weight excluding hydrogens is 336 g/mol. The van der Waals surface area contributed by atoms with Crippen LogP contribution in [0.5, 0.6) is 11.5 Å². The second-order valence-electron chi connectivity index (χ2n) is 7.52. The Kier molecular flexibility index (Phi) is 3.67. The van der Waals surface area contributed by atoms with Gasteiger partial charge in [0.05, 0.1) is 14.2 Å². The van der Waals surface area contributed by atoms with E-state index < -0.39 is 0 Å². The molecule has 0 unspecified atom stereocenters. The molecule has 2 N–H and O–H groups in total. The highest BCUT2D eigenvalue weighted by molar-refractivity contribution is 5.90. The molecule has 138 valence electrons. The number of aromatic amines is 2. The summed E-state index contributed by atoms with van der Waals surface area (Å²) in [5.74, 6) is 1.80. The molecule has 1 saturated carbocycles. The van der Waals surface area contributed by atoms with Crippen molar-refractivity contribution in [1.29, 1.82) is 0 Å². The maximum atomic E-state index is 5.50. The van der Waals surface area contributed by atoms with Crippen molar-refractivity contribution in [2.45, 2.75) is 31.1 Å². The van der Waals surface area contributed by atoms with Gasteiger partial charge in [0.1, 0.15) is 11.5 Å². The Morgan fingerprint density at radius 1 is 0.741 bits per heavy atom. The summed E-state index contributed by atoms with van der Waals surface area (Å²) >= 11 is 0. The average molecular weight is 360 g/mol. The number of hydrogen-bond acceptors (Lipinski definition) is 2. The van der Waals surface area contributed by atoms with E-state index in [-0.39, 0.29) is 5.41 Å². The monoisotopic (exact) mass is 360 g/mol. The molecule has 0 amide bonds. The van der Waals surface area contributed by atoms with Crippen LogP contribution >= 0.6 is 0 Å². The molecule has 0 bridgehead atoms. The van der Waals surface area contributed by atoms with Gasteiger partial charge in [-0.1, -0.05) is 12.8 Å². The minimum absolute atomic E-state index is 0.00916. The molecule has 2 aromatic carbocycles. The van der Waals surface area contributed by atoms with Gasteiger partial charge in [-0.05, 0) is 60.4 Å². The van der Waals surface area contributed by atoms with E-state index in [4.69, 9.17) is 9.47 Å². The molecule has 0 saturated heterocycles. The molecule has 4 nitrogen and oxygen atoms in total. The normalized spacial score (nSPS) is 16.2. The van der Waals surface area contributed by atoms with E-state index in [1.54, 1.807) is 14.2 Å². The van der Waals surface area contributed by atoms with Crippen molar-refractivity contribution in [3.8, 4) is 11.5 Å². The van der Waals surface area contributed by atoms with Crippen LogP contribution in [-0.2, 0) is 5.41 Å². The molecule has 1 fully saturated rings. The zero-order valence-electron chi connectivity index (χ0n) is 15.8. The number of methoxy groups -OCH3 is 2. The number of ether oxygens (including phenoxy) is 2. The predicted molar refractivity (Wildman–Crippen MR) is 109 cm³/mol. The lowest BCUT2D eigenvalue weighted by Gasteiger charge is -2.29. The summed E-state index contributed by atoms with van der Waals surface area (Å²) in [4.78, 5) is 6.97. The molecule has 0 atom stereocenters. The number of H-pyrrole nitrogens is 2. The molecule has 2 heterocycles. The van der Waals surface area contributed by atoms with E-state index >= 15 is 0 Å². The largest absolute Gasteiger partial charge is 0.497 e. The summed E-state index contributed by atoms with van der Waals surface area (Å²) in [6.45, 7) is 0. The summed E-state index contributed by atoms with van der Waals surface area (Å²) in [5.41, 5.74) is 5.08. The van der Waals surface area contributed by atoms with Gasteiger partial charge in [0.15, 0.2) is 0 Å². The fourth-order valence-electron chi connectivity index (χ4n) is 4.91. The van der Waals surface area contributed by atoms with Crippen LogP contribution in [-0.4, -0.2) is 24.2 Å². The first kappa shape index (κ1) is 16.3. The fourth-order valence-corrected chi connectivity index (χ4v) is 4.91. The van der Waals surface area contributed by atoms with E-state index in [2.05, 4.69) is 46.6 Å². The Balaban J connectivity index is 1.77. The van der Waals surface area contributed by atoms with Crippen LogP contribution in [0.2, 0.25) is 0 Å². The van der Waals surface area contributed by atoms with Crippen LogP contribution in [0, 0.1) is 0 Å². The smallest absolute Gasteiger partial charge is 0.119 e. The number of nitrogens with one attached hydrogen (secondary N) is 2. The third-order valence-corrected chi connectivity index (χ3v) is 6.27. The van der Waals surface area contributed by atoms with Crippen molar-refractivity contribution in [2.24, 2.45) is 0 Å². The fraction of sp³-hybridized carbons (Fsp3) is 0.304. The molecule has 4 heteroatoms. The number of rotatable bonds is 4. The molecule has 0 aliphatic heterocycles. The molecule has 0 spiro atoms. The Morgan fingerprint density at radius 2 is 1.22 bits per heavy atom. The second-order valence-corrected chi connectivity index (χ2v) is 7.52. The molecule has 1 aliphatic carbocycles. The topological polar surface area (TPSA) is 50.0 Å².